The Bertz CT molecular complexity index is 591. The van der Waals surface area contributed by atoms with Crippen LogP contribution in [0, 0.1) is 10.1 Å². The highest BCUT2D eigenvalue weighted by atomic mass is 16.6. The first-order valence-corrected chi connectivity index (χ1v) is 5.73. The fraction of sp³-hybridized carbons (Fsp3) is 0.250. The number of rotatable bonds is 6. The number of nitro benzene ring substituents is 1. The number of hydrogen-bond acceptors (Lipinski definition) is 5. The number of nitro groups is 1. The van der Waals surface area contributed by atoms with Crippen molar-refractivity contribution in [2.24, 2.45) is 5.11 Å². The summed E-state index contributed by atoms with van der Waals surface area (Å²) in [5.41, 5.74) is 8.34. The van der Waals surface area contributed by atoms with Gasteiger partial charge in [0.25, 0.3) is 5.69 Å². The molecule has 0 fully saturated rings. The quantitative estimate of drug-likeness (QED) is 0.198. The number of ether oxygens (including phenoxy) is 1. The molecule has 0 saturated carbocycles. The predicted molar refractivity (Wildman–Crippen MR) is 72.1 cm³/mol. The average Bonchev–Trinajstić information content (AvgIpc) is 2.43. The van der Waals surface area contributed by atoms with Gasteiger partial charge in [0.15, 0.2) is 0 Å². The minimum atomic E-state index is -0.611. The van der Waals surface area contributed by atoms with Gasteiger partial charge in [0.2, 0.25) is 0 Å². The predicted octanol–water partition coefficient (Wildman–Crippen LogP) is 3.10. The van der Waals surface area contributed by atoms with Crippen LogP contribution in [0.2, 0.25) is 0 Å². The van der Waals surface area contributed by atoms with E-state index in [1.165, 1.54) is 24.3 Å². The molecule has 8 nitrogen and oxygen atoms in total. The lowest BCUT2D eigenvalue weighted by Gasteiger charge is -2.03. The van der Waals surface area contributed by atoms with Gasteiger partial charge in [0, 0.05) is 17.5 Å². The van der Waals surface area contributed by atoms with Crippen LogP contribution in [-0.2, 0) is 4.74 Å². The molecule has 20 heavy (non-hydrogen) atoms. The van der Waals surface area contributed by atoms with Crippen molar-refractivity contribution in [3.05, 3.63) is 56.0 Å². The van der Waals surface area contributed by atoms with Gasteiger partial charge in [0.05, 0.1) is 22.7 Å². The molecule has 1 aromatic rings. The number of nitrogens with zero attached hydrogens (tertiary/aromatic N) is 4. The Morgan fingerprint density at radius 2 is 2.35 bits per heavy atom. The van der Waals surface area contributed by atoms with Crippen molar-refractivity contribution < 1.29 is 14.5 Å². The van der Waals surface area contributed by atoms with Crippen molar-refractivity contribution >= 4 is 17.7 Å². The fourth-order valence-corrected chi connectivity index (χ4v) is 1.45. The van der Waals surface area contributed by atoms with E-state index in [9.17, 15) is 14.9 Å². The molecular weight excluding hydrogens is 264 g/mol. The lowest BCUT2D eigenvalue weighted by Crippen LogP contribution is -2.05. The first-order chi connectivity index (χ1) is 9.60. The number of carbonyl (C=O) groups excluding carboxylic acids is 1. The Hall–Kier alpha value is -2.86. The van der Waals surface area contributed by atoms with Gasteiger partial charge < -0.3 is 4.74 Å². The standard InChI is InChI=1S/C12H12N4O4/c1-2-20-12(17)10-6-5-9(4-3-7-14-15-13)11(8-10)16(18)19/h3-6,8H,2,7H2,1H3. The molecule has 0 heterocycles. The minimum absolute atomic E-state index is 0.0906. The van der Waals surface area contributed by atoms with E-state index in [1.807, 2.05) is 0 Å². The number of carbonyl (C=O) groups is 1. The number of hydrogen-bond donors (Lipinski definition) is 0. The molecule has 0 radical (unpaired) electrons. The number of esters is 1. The second kappa shape index (κ2) is 7.55. The van der Waals surface area contributed by atoms with Gasteiger partial charge >= 0.3 is 5.97 Å². The average molecular weight is 276 g/mol. The molecule has 0 N–H and O–H groups in total. The van der Waals surface area contributed by atoms with Crippen molar-refractivity contribution in [2.75, 3.05) is 13.2 Å². The first kappa shape index (κ1) is 15.2. The van der Waals surface area contributed by atoms with Gasteiger partial charge in [-0.25, -0.2) is 4.79 Å². The lowest BCUT2D eigenvalue weighted by atomic mass is 10.1. The summed E-state index contributed by atoms with van der Waals surface area (Å²) in [6, 6.07) is 4.04. The summed E-state index contributed by atoms with van der Waals surface area (Å²) in [7, 11) is 0. The van der Waals surface area contributed by atoms with E-state index in [-0.39, 0.29) is 24.4 Å². The SMILES string of the molecule is CCOC(=O)c1ccc(C=CCN=[N+]=[N-])c([N+](=O)[O-])c1. The molecule has 0 aliphatic carbocycles. The molecule has 0 bridgehead atoms. The van der Waals surface area contributed by atoms with E-state index in [2.05, 4.69) is 10.0 Å². The summed E-state index contributed by atoms with van der Waals surface area (Å²) in [5, 5.41) is 14.3. The Balaban J connectivity index is 3.07. The topological polar surface area (TPSA) is 118 Å². The van der Waals surface area contributed by atoms with Gasteiger partial charge in [-0.3, -0.25) is 10.1 Å². The molecular formula is C12H12N4O4. The van der Waals surface area contributed by atoms with Crippen LogP contribution in [0.4, 0.5) is 5.69 Å². The third-order valence-electron chi connectivity index (χ3n) is 2.29. The van der Waals surface area contributed by atoms with Gasteiger partial charge in [-0.1, -0.05) is 17.3 Å². The molecule has 0 atom stereocenters. The summed E-state index contributed by atoms with van der Waals surface area (Å²) >= 11 is 0. The lowest BCUT2D eigenvalue weighted by molar-refractivity contribution is -0.385. The van der Waals surface area contributed by atoms with Crippen molar-refractivity contribution in [1.29, 1.82) is 0 Å². The first-order valence-electron chi connectivity index (χ1n) is 5.73. The third kappa shape index (κ3) is 4.11. The summed E-state index contributed by atoms with van der Waals surface area (Å²) in [5.74, 6) is -0.611. The zero-order valence-electron chi connectivity index (χ0n) is 10.7. The van der Waals surface area contributed by atoms with Gasteiger partial charge in [-0.2, -0.15) is 0 Å². The maximum absolute atomic E-state index is 11.5. The second-order valence-electron chi connectivity index (χ2n) is 3.57. The van der Waals surface area contributed by atoms with Gasteiger partial charge in [-0.05, 0) is 24.6 Å². The molecule has 0 aromatic heterocycles. The van der Waals surface area contributed by atoms with Crippen LogP contribution in [0.15, 0.2) is 29.4 Å². The molecule has 0 aliphatic rings. The van der Waals surface area contributed by atoms with Crippen LogP contribution >= 0.6 is 0 Å². The minimum Gasteiger partial charge on any atom is -0.462 e. The normalized spacial score (nSPS) is 10.1. The van der Waals surface area contributed by atoms with Gasteiger partial charge in [-0.15, -0.1) is 0 Å². The van der Waals surface area contributed by atoms with E-state index < -0.39 is 10.9 Å². The summed E-state index contributed by atoms with van der Waals surface area (Å²) < 4.78 is 4.78. The molecule has 0 unspecified atom stereocenters. The monoisotopic (exact) mass is 276 g/mol. The molecule has 104 valence electrons. The van der Waals surface area contributed by atoms with Gasteiger partial charge in [0.1, 0.15) is 0 Å². The third-order valence-corrected chi connectivity index (χ3v) is 2.29. The van der Waals surface area contributed by atoms with Crippen molar-refractivity contribution in [1.82, 2.24) is 0 Å². The highest BCUT2D eigenvalue weighted by molar-refractivity contribution is 5.90. The largest absolute Gasteiger partial charge is 0.462 e. The molecule has 0 aliphatic heterocycles. The van der Waals surface area contributed by atoms with Crippen molar-refractivity contribution in [3.8, 4) is 0 Å². The van der Waals surface area contributed by atoms with Crippen molar-refractivity contribution in [2.45, 2.75) is 6.92 Å². The van der Waals surface area contributed by atoms with Crippen molar-refractivity contribution in [3.63, 3.8) is 0 Å². The molecule has 0 saturated heterocycles. The molecule has 1 aromatic carbocycles. The van der Waals surface area contributed by atoms with Crippen LogP contribution in [0.1, 0.15) is 22.8 Å². The highest BCUT2D eigenvalue weighted by Gasteiger charge is 2.16. The smallest absolute Gasteiger partial charge is 0.338 e. The van der Waals surface area contributed by atoms with Crippen LogP contribution < -0.4 is 0 Å². The zero-order valence-corrected chi connectivity index (χ0v) is 10.7. The fourth-order valence-electron chi connectivity index (χ4n) is 1.45. The van der Waals surface area contributed by atoms with E-state index in [4.69, 9.17) is 10.3 Å². The van der Waals surface area contributed by atoms with Crippen LogP contribution in [0.25, 0.3) is 16.5 Å². The Labute approximate surface area is 114 Å². The highest BCUT2D eigenvalue weighted by Crippen LogP contribution is 2.22. The number of benzene rings is 1. The molecule has 0 amide bonds. The molecule has 0 spiro atoms. The summed E-state index contributed by atoms with van der Waals surface area (Å²) in [6.07, 6.45) is 2.95. The summed E-state index contributed by atoms with van der Waals surface area (Å²) in [6.45, 7) is 1.94. The molecule has 8 heteroatoms. The summed E-state index contributed by atoms with van der Waals surface area (Å²) in [4.78, 5) is 24.5. The maximum Gasteiger partial charge on any atom is 0.338 e. The van der Waals surface area contributed by atoms with E-state index in [1.54, 1.807) is 6.92 Å². The second-order valence-corrected chi connectivity index (χ2v) is 3.57. The van der Waals surface area contributed by atoms with Crippen LogP contribution in [0.5, 0.6) is 0 Å². The zero-order chi connectivity index (χ0) is 15.0. The van der Waals surface area contributed by atoms with E-state index in [0.29, 0.717) is 5.56 Å². The van der Waals surface area contributed by atoms with E-state index >= 15 is 0 Å². The molecule has 1 rings (SSSR count). The number of azide groups is 1. The van der Waals surface area contributed by atoms with Crippen LogP contribution in [0.3, 0.4) is 0 Å². The Morgan fingerprint density at radius 3 is 2.95 bits per heavy atom. The van der Waals surface area contributed by atoms with E-state index in [0.717, 1.165) is 6.07 Å². The Kier molecular flexibility index (Phi) is 5.74. The Morgan fingerprint density at radius 1 is 1.60 bits per heavy atom. The van der Waals surface area contributed by atoms with Crippen LogP contribution in [-0.4, -0.2) is 24.0 Å². The maximum atomic E-state index is 11.5.